The number of alkyl halides is 5. The van der Waals surface area contributed by atoms with Gasteiger partial charge in [-0.25, -0.2) is 26.9 Å². The first-order chi connectivity index (χ1) is 17.5. The van der Waals surface area contributed by atoms with Crippen LogP contribution in [0.15, 0.2) is 42.5 Å². The maximum atomic E-state index is 14.6. The van der Waals surface area contributed by atoms with Crippen LogP contribution in [0.25, 0.3) is 0 Å². The zero-order valence-corrected chi connectivity index (χ0v) is 19.8. The first-order valence-corrected chi connectivity index (χ1v) is 11.0. The minimum atomic E-state index is -5.19. The molecule has 1 heterocycles. The van der Waals surface area contributed by atoms with Gasteiger partial charge in [0.25, 0.3) is 11.8 Å². The summed E-state index contributed by atoms with van der Waals surface area (Å²) in [6.45, 7) is 3.49. The summed E-state index contributed by atoms with van der Waals surface area (Å²) in [5, 5.41) is 10.5. The number of phenols is 1. The molecular weight excluding hydrogens is 577 g/mol. The van der Waals surface area contributed by atoms with Gasteiger partial charge in [-0.15, -0.1) is 36.4 Å². The lowest BCUT2D eigenvalue weighted by molar-refractivity contribution is -0.274. The maximum absolute atomic E-state index is 14.6. The molecule has 2 aliphatic rings. The average Bonchev–Trinajstić information content (AvgIpc) is 2.99. The standard InChI is InChI=1S/C23H11Cl2F8NO4/c1-2-8-5-6-21(24)19(36)34(18-16(29)14(27)13(26)15(28)17(18)30)20(37)22(21,25)12(8)10-7-9(3-4-11(10)35)38-23(31,32)33/h2-5,7,12,35H,1,6H2. The van der Waals surface area contributed by atoms with E-state index in [4.69, 9.17) is 23.2 Å². The Hall–Kier alpha value is -3.32. The molecule has 1 aliphatic carbocycles. The number of nitrogens with zero attached hydrogens (tertiary/aromatic N) is 1. The topological polar surface area (TPSA) is 66.8 Å². The van der Waals surface area contributed by atoms with E-state index in [-0.39, 0.29) is 5.57 Å². The molecule has 0 bridgehead atoms. The molecule has 4 rings (SSSR count). The SMILES string of the molecule is C=CC1=CCC2(Cl)C(=O)N(c3c(F)c(F)c(F)c(F)c3F)C(=O)C2(Cl)C1c1cc(OC(F)(F)F)ccc1O. The normalized spacial score (nSPS) is 25.4. The van der Waals surface area contributed by atoms with Crippen LogP contribution in [0.4, 0.5) is 40.8 Å². The first kappa shape index (κ1) is 27.7. The van der Waals surface area contributed by atoms with Gasteiger partial charge in [0.2, 0.25) is 5.82 Å². The highest BCUT2D eigenvalue weighted by Crippen LogP contribution is 2.61. The van der Waals surface area contributed by atoms with E-state index in [2.05, 4.69) is 11.3 Å². The molecule has 1 fully saturated rings. The number of ether oxygens (including phenoxy) is 1. The predicted octanol–water partition coefficient (Wildman–Crippen LogP) is 6.11. The number of carbonyl (C=O) groups excluding carboxylic acids is 2. The number of carbonyl (C=O) groups is 2. The van der Waals surface area contributed by atoms with Crippen LogP contribution in [0.5, 0.6) is 11.5 Å². The molecule has 202 valence electrons. The molecule has 1 saturated heterocycles. The van der Waals surface area contributed by atoms with Gasteiger partial charge in [0.05, 0.1) is 0 Å². The Morgan fingerprint density at radius 2 is 1.55 bits per heavy atom. The fourth-order valence-electron chi connectivity index (χ4n) is 4.50. The summed E-state index contributed by atoms with van der Waals surface area (Å²) in [6, 6.07) is 2.07. The number of fused-ring (bicyclic) bond motifs is 1. The largest absolute Gasteiger partial charge is 0.573 e. The number of hydrogen-bond acceptors (Lipinski definition) is 4. The van der Waals surface area contributed by atoms with Crippen molar-refractivity contribution in [1.82, 2.24) is 0 Å². The van der Waals surface area contributed by atoms with Crippen molar-refractivity contribution in [2.45, 2.75) is 28.4 Å². The molecule has 3 atom stereocenters. The van der Waals surface area contributed by atoms with Gasteiger partial charge in [-0.3, -0.25) is 9.59 Å². The third-order valence-corrected chi connectivity index (χ3v) is 7.59. The number of phenolic OH excluding ortho intramolecular Hbond substituents is 1. The molecule has 2 aromatic rings. The predicted molar refractivity (Wildman–Crippen MR) is 116 cm³/mol. The van der Waals surface area contributed by atoms with E-state index in [1.54, 1.807) is 0 Å². The van der Waals surface area contributed by atoms with Gasteiger partial charge < -0.3 is 9.84 Å². The van der Waals surface area contributed by atoms with E-state index in [9.17, 15) is 49.8 Å². The fraction of sp³-hybridized carbons (Fsp3) is 0.217. The molecule has 1 N–H and O–H groups in total. The number of amides is 2. The lowest BCUT2D eigenvalue weighted by Gasteiger charge is -2.42. The van der Waals surface area contributed by atoms with Crippen LogP contribution in [0.2, 0.25) is 0 Å². The zero-order valence-electron chi connectivity index (χ0n) is 18.3. The quantitative estimate of drug-likeness (QED) is 0.154. The molecule has 1 aliphatic heterocycles. The smallest absolute Gasteiger partial charge is 0.508 e. The number of imide groups is 1. The van der Waals surface area contributed by atoms with Crippen LogP contribution < -0.4 is 9.64 Å². The second kappa shape index (κ2) is 8.87. The van der Waals surface area contributed by atoms with E-state index in [0.29, 0.717) is 12.1 Å². The monoisotopic (exact) mass is 587 g/mol. The van der Waals surface area contributed by atoms with E-state index in [1.807, 2.05) is 0 Å². The number of aromatic hydroxyl groups is 1. The summed E-state index contributed by atoms with van der Waals surface area (Å²) in [5.41, 5.74) is -2.59. The number of halogens is 10. The maximum Gasteiger partial charge on any atom is 0.573 e. The summed E-state index contributed by atoms with van der Waals surface area (Å²) in [6.07, 6.45) is -3.61. The molecule has 0 aromatic heterocycles. The van der Waals surface area contributed by atoms with Crippen LogP contribution in [-0.4, -0.2) is 33.0 Å². The van der Waals surface area contributed by atoms with Gasteiger partial charge in [0.15, 0.2) is 33.0 Å². The minimum Gasteiger partial charge on any atom is -0.508 e. The molecule has 3 unspecified atom stereocenters. The molecule has 2 aromatic carbocycles. The van der Waals surface area contributed by atoms with Gasteiger partial charge in [0, 0.05) is 11.5 Å². The summed E-state index contributed by atoms with van der Waals surface area (Å²) >= 11 is 13.1. The Morgan fingerprint density at radius 1 is 1.00 bits per heavy atom. The Kier molecular flexibility index (Phi) is 6.47. The van der Waals surface area contributed by atoms with Crippen molar-refractivity contribution in [3.63, 3.8) is 0 Å². The summed E-state index contributed by atoms with van der Waals surface area (Å²) in [7, 11) is 0. The number of hydrogen-bond donors (Lipinski definition) is 1. The fourth-order valence-corrected chi connectivity index (χ4v) is 5.34. The number of benzene rings is 2. The van der Waals surface area contributed by atoms with Gasteiger partial charge in [-0.1, -0.05) is 18.7 Å². The third kappa shape index (κ3) is 3.74. The number of allylic oxidation sites excluding steroid dienone is 3. The second-order valence-electron chi connectivity index (χ2n) is 8.19. The van der Waals surface area contributed by atoms with Crippen LogP contribution >= 0.6 is 23.2 Å². The molecule has 38 heavy (non-hydrogen) atoms. The molecule has 0 radical (unpaired) electrons. The summed E-state index contributed by atoms with van der Waals surface area (Å²) in [5.74, 6) is -19.6. The van der Waals surface area contributed by atoms with Gasteiger partial charge >= 0.3 is 6.36 Å². The minimum absolute atomic E-state index is 0.0730. The van der Waals surface area contributed by atoms with Crippen LogP contribution in [-0.2, 0) is 9.59 Å². The Labute approximate surface area is 217 Å². The zero-order chi connectivity index (χ0) is 28.5. The molecule has 5 nitrogen and oxygen atoms in total. The van der Waals surface area contributed by atoms with E-state index in [0.717, 1.165) is 18.2 Å². The van der Waals surface area contributed by atoms with Crippen LogP contribution in [0, 0.1) is 29.1 Å². The highest BCUT2D eigenvalue weighted by Gasteiger charge is 2.74. The van der Waals surface area contributed by atoms with Crippen molar-refractivity contribution >= 4 is 40.7 Å². The highest BCUT2D eigenvalue weighted by molar-refractivity contribution is 6.58. The number of anilines is 1. The van der Waals surface area contributed by atoms with Crippen molar-refractivity contribution in [2.24, 2.45) is 0 Å². The highest BCUT2D eigenvalue weighted by atomic mass is 35.5. The van der Waals surface area contributed by atoms with E-state index in [1.165, 1.54) is 0 Å². The van der Waals surface area contributed by atoms with Crippen molar-refractivity contribution in [3.8, 4) is 11.5 Å². The Morgan fingerprint density at radius 3 is 2.08 bits per heavy atom. The Bertz CT molecular complexity index is 1420. The number of rotatable bonds is 4. The molecule has 2 amide bonds. The summed E-state index contributed by atoms with van der Waals surface area (Å²) in [4.78, 5) is 21.0. The molecular formula is C23H11Cl2F8NO4. The van der Waals surface area contributed by atoms with Gasteiger partial charge in [0.1, 0.15) is 17.2 Å². The summed E-state index contributed by atoms with van der Waals surface area (Å²) < 4.78 is 113. The lowest BCUT2D eigenvalue weighted by atomic mass is 9.68. The molecule has 15 heteroatoms. The van der Waals surface area contributed by atoms with Crippen LogP contribution in [0.1, 0.15) is 17.9 Å². The average molecular weight is 588 g/mol. The first-order valence-electron chi connectivity index (χ1n) is 10.2. The van der Waals surface area contributed by atoms with Crippen LogP contribution in [0.3, 0.4) is 0 Å². The van der Waals surface area contributed by atoms with Crippen molar-refractivity contribution in [3.05, 3.63) is 77.2 Å². The second-order valence-corrected chi connectivity index (χ2v) is 9.43. The lowest BCUT2D eigenvalue weighted by Crippen LogP contribution is -2.54. The van der Waals surface area contributed by atoms with Crippen molar-refractivity contribution in [1.29, 1.82) is 0 Å². The van der Waals surface area contributed by atoms with E-state index >= 15 is 0 Å². The molecule has 0 saturated carbocycles. The van der Waals surface area contributed by atoms with Crippen molar-refractivity contribution < 1.29 is 54.6 Å². The van der Waals surface area contributed by atoms with Gasteiger partial charge in [-0.05, 0) is 30.2 Å². The Balaban J connectivity index is 1.98. The van der Waals surface area contributed by atoms with Gasteiger partial charge in [-0.2, -0.15) is 0 Å². The van der Waals surface area contributed by atoms with E-state index < -0.39 is 97.0 Å². The van der Waals surface area contributed by atoms with Crippen molar-refractivity contribution in [2.75, 3.05) is 4.90 Å². The third-order valence-electron chi connectivity index (χ3n) is 6.17. The molecule has 0 spiro atoms.